The van der Waals surface area contributed by atoms with E-state index in [0.717, 1.165) is 36.1 Å². The third-order valence-corrected chi connectivity index (χ3v) is 10.1. The Kier molecular flexibility index (Phi) is 16.5. The van der Waals surface area contributed by atoms with Crippen LogP contribution >= 0.6 is 0 Å². The molecule has 14 heteroatoms. The molecule has 0 saturated carbocycles. The monoisotopic (exact) mass is 844 g/mol. The predicted molar refractivity (Wildman–Crippen MR) is 217 cm³/mol. The van der Waals surface area contributed by atoms with Gasteiger partial charge in [-0.1, -0.05) is 121 Å². The minimum Gasteiger partial charge on any atom is -0.463 e. The van der Waals surface area contributed by atoms with Crippen LogP contribution in [0.3, 0.4) is 0 Å². The zero-order valence-electron chi connectivity index (χ0n) is 34.7. The van der Waals surface area contributed by atoms with Crippen LogP contribution in [0.15, 0.2) is 121 Å². The van der Waals surface area contributed by atoms with E-state index in [-0.39, 0.29) is 33.0 Å². The van der Waals surface area contributed by atoms with Crippen molar-refractivity contribution in [1.29, 1.82) is 0 Å². The molecule has 2 saturated heterocycles. The lowest BCUT2D eigenvalue weighted by atomic mass is 9.91. The Bertz CT molecular complexity index is 1960. The van der Waals surface area contributed by atoms with Crippen LogP contribution in [0.4, 0.5) is 4.39 Å². The molecule has 0 unspecified atom stereocenters. The molecule has 0 N–H and O–H groups in total. The number of ether oxygens (including phenoxy) is 10. The molecule has 61 heavy (non-hydrogen) atoms. The highest BCUT2D eigenvalue weighted by Gasteiger charge is 2.60. The molecular formula is C47H53FO13. The quantitative estimate of drug-likeness (QED) is 0.0742. The lowest BCUT2D eigenvalue weighted by Gasteiger charge is -2.53. The number of carbonyl (C=O) groups is 3. The van der Waals surface area contributed by atoms with E-state index in [1.54, 1.807) is 6.92 Å². The number of rotatable bonds is 19. The van der Waals surface area contributed by atoms with Gasteiger partial charge < -0.3 is 47.4 Å². The van der Waals surface area contributed by atoms with Crippen molar-refractivity contribution < 1.29 is 66.1 Å². The molecule has 0 spiro atoms. The van der Waals surface area contributed by atoms with Gasteiger partial charge >= 0.3 is 17.9 Å². The van der Waals surface area contributed by atoms with Crippen LogP contribution < -0.4 is 0 Å². The van der Waals surface area contributed by atoms with E-state index in [9.17, 15) is 14.4 Å². The first-order valence-electron chi connectivity index (χ1n) is 20.2. The van der Waals surface area contributed by atoms with Gasteiger partial charge in [0, 0.05) is 20.8 Å². The smallest absolute Gasteiger partial charge is 0.303 e. The van der Waals surface area contributed by atoms with Crippen LogP contribution in [0.5, 0.6) is 0 Å². The molecule has 326 valence electrons. The number of hydrogen-bond acceptors (Lipinski definition) is 13. The number of carbonyl (C=O) groups excluding carboxylic acids is 3. The zero-order valence-corrected chi connectivity index (χ0v) is 34.7. The number of alkyl halides is 1. The SMILES string of the molecule is CC(=O)OC[C@H]1O[C@H](O[C@@]2(C)O[C@H](COCc3ccccc3)[C@@H](OCc3ccccc3)[C@H](OCc3ccccc3)[C@H]2OCc2ccccc2)[C@H](F)[C@@H](OC(C)=O)[C@@H]1OC(C)=O. The number of esters is 3. The van der Waals surface area contributed by atoms with Crippen LogP contribution in [0.1, 0.15) is 49.9 Å². The largest absolute Gasteiger partial charge is 0.463 e. The summed E-state index contributed by atoms with van der Waals surface area (Å²) in [6.45, 7) is 5.06. The lowest BCUT2D eigenvalue weighted by Crippen LogP contribution is -2.69. The summed E-state index contributed by atoms with van der Waals surface area (Å²) in [4.78, 5) is 36.6. The Morgan fingerprint density at radius 1 is 0.557 bits per heavy atom. The van der Waals surface area contributed by atoms with Crippen LogP contribution in [0.2, 0.25) is 0 Å². The highest BCUT2D eigenvalue weighted by atomic mass is 19.1. The van der Waals surface area contributed by atoms with Crippen molar-refractivity contribution in [3.05, 3.63) is 144 Å². The molecule has 0 radical (unpaired) electrons. The molecule has 0 bridgehead atoms. The number of hydrogen-bond donors (Lipinski definition) is 0. The normalized spacial score (nSPS) is 27.5. The molecule has 10 atom stereocenters. The highest BCUT2D eigenvalue weighted by Crippen LogP contribution is 2.41. The first kappa shape index (κ1) is 45.5. The van der Waals surface area contributed by atoms with Crippen molar-refractivity contribution in [2.75, 3.05) is 13.2 Å². The third kappa shape index (κ3) is 13.0. The second-order valence-corrected chi connectivity index (χ2v) is 15.0. The molecule has 2 heterocycles. The van der Waals surface area contributed by atoms with E-state index < -0.39 is 85.5 Å². The topological polar surface area (TPSA) is 144 Å². The summed E-state index contributed by atoms with van der Waals surface area (Å²) in [5.41, 5.74) is 3.51. The van der Waals surface area contributed by atoms with Crippen molar-refractivity contribution in [1.82, 2.24) is 0 Å². The van der Waals surface area contributed by atoms with Crippen molar-refractivity contribution in [3.8, 4) is 0 Å². The molecule has 6 rings (SSSR count). The summed E-state index contributed by atoms with van der Waals surface area (Å²) in [7, 11) is 0. The molecule has 13 nitrogen and oxygen atoms in total. The number of benzene rings is 4. The molecule has 2 aliphatic heterocycles. The molecule has 0 aliphatic carbocycles. The third-order valence-electron chi connectivity index (χ3n) is 10.1. The Balaban J connectivity index is 1.40. The molecule has 0 amide bonds. The summed E-state index contributed by atoms with van der Waals surface area (Å²) in [6.07, 6.45) is -12.5. The van der Waals surface area contributed by atoms with Crippen molar-refractivity contribution in [3.63, 3.8) is 0 Å². The molecule has 4 aromatic rings. The maximum Gasteiger partial charge on any atom is 0.303 e. The van der Waals surface area contributed by atoms with Gasteiger partial charge in [0.05, 0.1) is 33.0 Å². The van der Waals surface area contributed by atoms with Crippen molar-refractivity contribution >= 4 is 17.9 Å². The van der Waals surface area contributed by atoms with Crippen LogP contribution in [0, 0.1) is 0 Å². The maximum absolute atomic E-state index is 17.0. The Morgan fingerprint density at radius 2 is 1.02 bits per heavy atom. The summed E-state index contributed by atoms with van der Waals surface area (Å²) < 4.78 is 79.3. The van der Waals surface area contributed by atoms with E-state index in [0.29, 0.717) is 0 Å². The molecule has 2 fully saturated rings. The minimum atomic E-state index is -2.25. The fraction of sp³-hybridized carbons (Fsp3) is 0.426. The number of halogens is 1. The fourth-order valence-corrected chi connectivity index (χ4v) is 7.32. The fourth-order valence-electron chi connectivity index (χ4n) is 7.32. The van der Waals surface area contributed by atoms with E-state index in [2.05, 4.69) is 0 Å². The molecule has 2 aliphatic rings. The standard InChI is InChI=1S/C47H53FO13/c1-31(49)53-30-38-42(57-32(2)50)43(58-33(3)51)40(48)46(59-38)61-47(4)45(56-28-37-23-15-8-16-24-37)44(55-27-36-21-13-7-14-22-36)41(54-26-35-19-11-6-12-20-35)39(60-47)29-52-25-34-17-9-5-10-18-34/h5-24,38-46H,25-30H2,1-4H3/t38-,39-,40-,41-,42-,43-,44+,45-,46-,47-/m1/s1. The Labute approximate surface area is 355 Å². The lowest BCUT2D eigenvalue weighted by molar-refractivity contribution is -0.422. The molecular weight excluding hydrogens is 792 g/mol. The summed E-state index contributed by atoms with van der Waals surface area (Å²) in [5.74, 6) is -4.24. The van der Waals surface area contributed by atoms with Crippen LogP contribution in [-0.2, 0) is 88.2 Å². The minimum absolute atomic E-state index is 0.0197. The van der Waals surface area contributed by atoms with Gasteiger partial charge in [-0.2, -0.15) is 0 Å². The molecule has 4 aromatic carbocycles. The summed E-state index contributed by atoms with van der Waals surface area (Å²) in [5, 5.41) is 0. The van der Waals surface area contributed by atoms with Gasteiger partial charge in [-0.3, -0.25) is 14.4 Å². The van der Waals surface area contributed by atoms with Gasteiger partial charge in [0.1, 0.15) is 37.1 Å². The van der Waals surface area contributed by atoms with Gasteiger partial charge in [-0.15, -0.1) is 0 Å². The average molecular weight is 845 g/mol. The van der Waals surface area contributed by atoms with E-state index in [1.165, 1.54) is 6.92 Å². The Morgan fingerprint density at radius 3 is 1.51 bits per heavy atom. The second-order valence-electron chi connectivity index (χ2n) is 15.0. The van der Waals surface area contributed by atoms with Gasteiger partial charge in [-0.25, -0.2) is 4.39 Å². The summed E-state index contributed by atoms with van der Waals surface area (Å²) in [6, 6.07) is 38.2. The average Bonchev–Trinajstić information content (AvgIpc) is 3.25. The van der Waals surface area contributed by atoms with Crippen molar-refractivity contribution in [2.45, 2.75) is 115 Å². The predicted octanol–water partition coefficient (Wildman–Crippen LogP) is 6.58. The second kappa shape index (κ2) is 22.2. The van der Waals surface area contributed by atoms with Crippen LogP contribution in [-0.4, -0.2) is 92.1 Å². The first-order chi connectivity index (χ1) is 29.5. The molecule has 0 aromatic heterocycles. The maximum atomic E-state index is 17.0. The Hall–Kier alpha value is -5.06. The summed E-state index contributed by atoms with van der Waals surface area (Å²) >= 11 is 0. The zero-order chi connectivity index (χ0) is 43.2. The van der Waals surface area contributed by atoms with Gasteiger partial charge in [-0.05, 0) is 29.2 Å². The van der Waals surface area contributed by atoms with Gasteiger partial charge in [0.15, 0.2) is 30.5 Å². The first-order valence-corrected chi connectivity index (χ1v) is 20.2. The van der Waals surface area contributed by atoms with Gasteiger partial charge in [0.25, 0.3) is 0 Å². The highest BCUT2D eigenvalue weighted by molar-refractivity contribution is 5.68. The van der Waals surface area contributed by atoms with E-state index in [4.69, 9.17) is 47.4 Å². The van der Waals surface area contributed by atoms with Gasteiger partial charge in [0.2, 0.25) is 0 Å². The van der Waals surface area contributed by atoms with E-state index in [1.807, 2.05) is 121 Å². The van der Waals surface area contributed by atoms with E-state index >= 15 is 4.39 Å². The van der Waals surface area contributed by atoms with Crippen LogP contribution in [0.25, 0.3) is 0 Å². The van der Waals surface area contributed by atoms with Crippen molar-refractivity contribution in [2.24, 2.45) is 0 Å².